The Balaban J connectivity index is 2.66. The smallest absolute Gasteiger partial charge is 0.123 e. The van der Waals surface area contributed by atoms with Gasteiger partial charge in [0.15, 0.2) is 0 Å². The fraction of sp³-hybridized carbons (Fsp3) is 0.143. The van der Waals surface area contributed by atoms with Gasteiger partial charge in [-0.15, -0.1) is 0 Å². The predicted octanol–water partition coefficient (Wildman–Crippen LogP) is 1.79. The molecule has 0 heterocycles. The van der Waals surface area contributed by atoms with Gasteiger partial charge in [-0.2, -0.15) is 0 Å². The Hall–Kier alpha value is -2.04. The first kappa shape index (κ1) is 12.4. The summed E-state index contributed by atoms with van der Waals surface area (Å²) >= 11 is 0. The van der Waals surface area contributed by atoms with Crippen molar-refractivity contribution in [1.29, 1.82) is 0 Å². The molecule has 0 aromatic heterocycles. The molecule has 0 spiro atoms. The molecule has 0 amide bonds. The van der Waals surface area contributed by atoms with Crippen molar-refractivity contribution < 1.29 is 20.4 Å². The molecule has 0 aliphatic rings. The molecule has 2 rings (SSSR count). The van der Waals surface area contributed by atoms with Gasteiger partial charge in [0, 0.05) is 11.1 Å². The van der Waals surface area contributed by atoms with Gasteiger partial charge in [-0.1, -0.05) is 30.3 Å². The minimum Gasteiger partial charge on any atom is -0.507 e. The molecular weight excluding hydrogens is 232 g/mol. The lowest BCUT2D eigenvalue weighted by molar-refractivity contribution is 0.0958. The summed E-state index contributed by atoms with van der Waals surface area (Å²) in [6.07, 6.45) is -1.10. The molecule has 18 heavy (non-hydrogen) atoms. The zero-order chi connectivity index (χ0) is 13.1. The predicted molar refractivity (Wildman–Crippen MR) is 67.3 cm³/mol. The summed E-state index contributed by atoms with van der Waals surface area (Å²) in [5.74, 6) is -0.0492. The molecule has 4 nitrogen and oxygen atoms in total. The maximum atomic E-state index is 9.91. The second-order valence-corrected chi connectivity index (χ2v) is 3.96. The van der Waals surface area contributed by atoms with Crippen LogP contribution < -0.4 is 0 Å². The Morgan fingerprint density at radius 2 is 1.56 bits per heavy atom. The molecule has 4 heteroatoms. The summed E-state index contributed by atoms with van der Waals surface area (Å²) < 4.78 is 0. The van der Waals surface area contributed by atoms with Crippen molar-refractivity contribution in [1.82, 2.24) is 0 Å². The van der Waals surface area contributed by atoms with E-state index in [0.717, 1.165) is 0 Å². The van der Waals surface area contributed by atoms with E-state index in [0.29, 0.717) is 16.7 Å². The average molecular weight is 246 g/mol. The van der Waals surface area contributed by atoms with Gasteiger partial charge >= 0.3 is 0 Å². The van der Waals surface area contributed by atoms with Gasteiger partial charge in [-0.05, 0) is 17.7 Å². The van der Waals surface area contributed by atoms with Crippen molar-refractivity contribution in [2.24, 2.45) is 0 Å². The van der Waals surface area contributed by atoms with Gasteiger partial charge in [-0.3, -0.25) is 0 Å². The topological polar surface area (TPSA) is 80.9 Å². The van der Waals surface area contributed by atoms with Crippen LogP contribution in [0.4, 0.5) is 0 Å². The molecule has 94 valence electrons. The van der Waals surface area contributed by atoms with Gasteiger partial charge in [0.25, 0.3) is 0 Å². The van der Waals surface area contributed by atoms with Crippen LogP contribution >= 0.6 is 0 Å². The molecule has 1 unspecified atom stereocenters. The highest BCUT2D eigenvalue weighted by Crippen LogP contribution is 2.39. The number of benzene rings is 2. The Kier molecular flexibility index (Phi) is 3.50. The monoisotopic (exact) mass is 246 g/mol. The van der Waals surface area contributed by atoms with Crippen LogP contribution in [0.3, 0.4) is 0 Å². The highest BCUT2D eigenvalue weighted by molar-refractivity contribution is 5.78. The fourth-order valence-corrected chi connectivity index (χ4v) is 1.91. The quantitative estimate of drug-likeness (QED) is 0.665. The molecule has 0 aliphatic carbocycles. The van der Waals surface area contributed by atoms with Gasteiger partial charge in [-0.25, -0.2) is 0 Å². The number of phenols is 2. The van der Waals surface area contributed by atoms with Crippen molar-refractivity contribution in [2.75, 3.05) is 6.61 Å². The number of aliphatic hydroxyl groups excluding tert-OH is 2. The number of hydrogen-bond donors (Lipinski definition) is 4. The van der Waals surface area contributed by atoms with E-state index < -0.39 is 12.7 Å². The zero-order valence-corrected chi connectivity index (χ0v) is 9.61. The first-order valence-corrected chi connectivity index (χ1v) is 5.54. The second-order valence-electron chi connectivity index (χ2n) is 3.96. The first-order chi connectivity index (χ1) is 8.65. The Bertz CT molecular complexity index is 551. The summed E-state index contributed by atoms with van der Waals surface area (Å²) in [6, 6.07) is 11.2. The molecule has 0 aliphatic heterocycles. The molecule has 0 bridgehead atoms. The van der Waals surface area contributed by atoms with E-state index in [4.69, 9.17) is 5.11 Å². The van der Waals surface area contributed by atoms with Crippen molar-refractivity contribution >= 4 is 0 Å². The molecule has 0 fully saturated rings. The minimum absolute atomic E-state index is 0.00499. The molecule has 2 aromatic carbocycles. The fourth-order valence-electron chi connectivity index (χ4n) is 1.91. The van der Waals surface area contributed by atoms with Gasteiger partial charge < -0.3 is 20.4 Å². The van der Waals surface area contributed by atoms with E-state index in [-0.39, 0.29) is 11.5 Å². The largest absolute Gasteiger partial charge is 0.507 e. The Labute approximate surface area is 104 Å². The minimum atomic E-state index is -1.10. The summed E-state index contributed by atoms with van der Waals surface area (Å²) in [6.45, 7) is -0.454. The molecule has 1 atom stereocenters. The summed E-state index contributed by atoms with van der Waals surface area (Å²) in [5.41, 5.74) is 1.12. The van der Waals surface area contributed by atoms with Crippen LogP contribution in [0.5, 0.6) is 11.5 Å². The lowest BCUT2D eigenvalue weighted by atomic mass is 9.95. The van der Waals surface area contributed by atoms with Crippen LogP contribution in [0, 0.1) is 0 Å². The van der Waals surface area contributed by atoms with Crippen molar-refractivity contribution in [2.45, 2.75) is 6.10 Å². The SMILES string of the molecule is OCC(O)c1cccc(O)c1-c1ccccc1O. The van der Waals surface area contributed by atoms with Crippen molar-refractivity contribution in [3.8, 4) is 22.6 Å². The van der Waals surface area contributed by atoms with Crippen LogP contribution in [0.15, 0.2) is 42.5 Å². The summed E-state index contributed by atoms with van der Waals surface area (Å²) in [5, 5.41) is 38.5. The first-order valence-electron chi connectivity index (χ1n) is 5.54. The van der Waals surface area contributed by atoms with Crippen LogP contribution in [-0.4, -0.2) is 27.0 Å². The number of para-hydroxylation sites is 1. The summed E-state index contributed by atoms with van der Waals surface area (Å²) in [7, 11) is 0. The van der Waals surface area contributed by atoms with E-state index in [2.05, 4.69) is 0 Å². The van der Waals surface area contributed by atoms with Crippen molar-refractivity contribution in [3.05, 3.63) is 48.0 Å². The number of rotatable bonds is 3. The van der Waals surface area contributed by atoms with E-state index in [1.54, 1.807) is 30.3 Å². The van der Waals surface area contributed by atoms with Crippen LogP contribution in [-0.2, 0) is 0 Å². The Morgan fingerprint density at radius 3 is 2.22 bits per heavy atom. The van der Waals surface area contributed by atoms with E-state index >= 15 is 0 Å². The van der Waals surface area contributed by atoms with E-state index in [9.17, 15) is 15.3 Å². The van der Waals surface area contributed by atoms with Gasteiger partial charge in [0.1, 0.15) is 17.6 Å². The number of hydrogen-bond acceptors (Lipinski definition) is 4. The maximum Gasteiger partial charge on any atom is 0.123 e. The molecule has 4 N–H and O–H groups in total. The number of aromatic hydroxyl groups is 2. The van der Waals surface area contributed by atoms with E-state index in [1.165, 1.54) is 12.1 Å². The number of phenolic OH excluding ortho intramolecular Hbond substituents is 2. The normalized spacial score (nSPS) is 12.3. The molecular formula is C14H14O4. The van der Waals surface area contributed by atoms with Crippen LogP contribution in [0.25, 0.3) is 11.1 Å². The average Bonchev–Trinajstić information content (AvgIpc) is 2.39. The maximum absolute atomic E-state index is 9.91. The van der Waals surface area contributed by atoms with E-state index in [1.807, 2.05) is 0 Å². The van der Waals surface area contributed by atoms with Crippen LogP contribution in [0.1, 0.15) is 11.7 Å². The molecule has 0 saturated heterocycles. The highest BCUT2D eigenvalue weighted by Gasteiger charge is 2.18. The standard InChI is InChI=1S/C14H14O4/c15-8-13(18)10-5-3-7-12(17)14(10)9-4-1-2-6-11(9)16/h1-7,13,15-18H,8H2. The van der Waals surface area contributed by atoms with Crippen LogP contribution in [0.2, 0.25) is 0 Å². The van der Waals surface area contributed by atoms with Crippen molar-refractivity contribution in [3.63, 3.8) is 0 Å². The third-order valence-corrected chi connectivity index (χ3v) is 2.78. The second kappa shape index (κ2) is 5.08. The highest BCUT2D eigenvalue weighted by atomic mass is 16.3. The molecule has 0 saturated carbocycles. The third kappa shape index (κ3) is 2.16. The number of aliphatic hydroxyl groups is 2. The molecule has 2 aromatic rings. The lowest BCUT2D eigenvalue weighted by Gasteiger charge is -2.16. The van der Waals surface area contributed by atoms with Gasteiger partial charge in [0.05, 0.1) is 6.61 Å². The molecule has 0 radical (unpaired) electrons. The summed E-state index contributed by atoms with van der Waals surface area (Å²) in [4.78, 5) is 0. The lowest BCUT2D eigenvalue weighted by Crippen LogP contribution is -2.04. The third-order valence-electron chi connectivity index (χ3n) is 2.78. The zero-order valence-electron chi connectivity index (χ0n) is 9.61. The Morgan fingerprint density at radius 1 is 0.889 bits per heavy atom. The van der Waals surface area contributed by atoms with Gasteiger partial charge in [0.2, 0.25) is 0 Å².